The first-order valence-electron chi connectivity index (χ1n) is 6.69. The molecule has 0 saturated heterocycles. The molecular formula is C16H12ClNO4. The Morgan fingerprint density at radius 1 is 1.27 bits per heavy atom. The molecule has 2 aromatic heterocycles. The molecular weight excluding hydrogens is 306 g/mol. The SMILES string of the molecule is CC(C)c1ccc2oc3cc(C(=O)O)c(Cl)nc3c(=O)c2c1. The van der Waals surface area contributed by atoms with Crippen molar-refractivity contribution in [2.45, 2.75) is 19.8 Å². The van der Waals surface area contributed by atoms with Gasteiger partial charge in [0.1, 0.15) is 16.3 Å². The second-order valence-electron chi connectivity index (χ2n) is 5.32. The quantitative estimate of drug-likeness (QED) is 0.574. The van der Waals surface area contributed by atoms with Crippen molar-refractivity contribution in [3.8, 4) is 0 Å². The molecule has 0 fully saturated rings. The van der Waals surface area contributed by atoms with Crippen LogP contribution in [0.4, 0.5) is 0 Å². The zero-order valence-electron chi connectivity index (χ0n) is 11.9. The number of aromatic nitrogens is 1. The Bertz CT molecular complexity index is 975. The molecule has 0 spiro atoms. The van der Waals surface area contributed by atoms with Crippen molar-refractivity contribution in [2.75, 3.05) is 0 Å². The minimum Gasteiger partial charge on any atom is -0.478 e. The van der Waals surface area contributed by atoms with Crippen LogP contribution in [-0.2, 0) is 0 Å². The molecule has 1 N–H and O–H groups in total. The van der Waals surface area contributed by atoms with Crippen molar-refractivity contribution in [1.82, 2.24) is 4.98 Å². The van der Waals surface area contributed by atoms with Crippen molar-refractivity contribution in [3.63, 3.8) is 0 Å². The Labute approximate surface area is 130 Å². The van der Waals surface area contributed by atoms with Gasteiger partial charge in [0.2, 0.25) is 5.43 Å². The molecule has 0 saturated carbocycles. The minimum absolute atomic E-state index is 0.0309. The number of hydrogen-bond acceptors (Lipinski definition) is 4. The third-order valence-electron chi connectivity index (χ3n) is 3.52. The highest BCUT2D eigenvalue weighted by atomic mass is 35.5. The lowest BCUT2D eigenvalue weighted by Crippen LogP contribution is -2.08. The lowest BCUT2D eigenvalue weighted by atomic mass is 10.0. The number of fused-ring (bicyclic) bond motifs is 2. The topological polar surface area (TPSA) is 80.4 Å². The van der Waals surface area contributed by atoms with Crippen LogP contribution in [0.5, 0.6) is 0 Å². The number of carboxylic acid groups (broad SMARTS) is 1. The second-order valence-corrected chi connectivity index (χ2v) is 5.68. The molecule has 5 nitrogen and oxygen atoms in total. The van der Waals surface area contributed by atoms with Gasteiger partial charge in [0.05, 0.1) is 5.39 Å². The summed E-state index contributed by atoms with van der Waals surface area (Å²) in [5.74, 6) is -0.956. The molecule has 112 valence electrons. The van der Waals surface area contributed by atoms with Gasteiger partial charge >= 0.3 is 5.97 Å². The Hall–Kier alpha value is -2.40. The van der Waals surface area contributed by atoms with E-state index in [1.54, 1.807) is 12.1 Å². The molecule has 6 heteroatoms. The van der Waals surface area contributed by atoms with E-state index in [0.29, 0.717) is 11.0 Å². The van der Waals surface area contributed by atoms with E-state index in [2.05, 4.69) is 4.98 Å². The zero-order valence-corrected chi connectivity index (χ0v) is 12.6. The molecule has 2 heterocycles. The van der Waals surface area contributed by atoms with Crippen LogP contribution >= 0.6 is 11.6 Å². The van der Waals surface area contributed by atoms with E-state index in [0.717, 1.165) is 5.56 Å². The monoisotopic (exact) mass is 317 g/mol. The van der Waals surface area contributed by atoms with Gasteiger partial charge in [-0.2, -0.15) is 0 Å². The maximum absolute atomic E-state index is 12.6. The van der Waals surface area contributed by atoms with Crippen molar-refractivity contribution in [3.05, 3.63) is 50.8 Å². The van der Waals surface area contributed by atoms with E-state index in [9.17, 15) is 9.59 Å². The van der Waals surface area contributed by atoms with Crippen LogP contribution < -0.4 is 5.43 Å². The van der Waals surface area contributed by atoms with Crippen LogP contribution in [0.25, 0.3) is 22.1 Å². The average Bonchev–Trinajstić information content (AvgIpc) is 2.47. The average molecular weight is 318 g/mol. The normalized spacial score (nSPS) is 11.5. The third-order valence-corrected chi connectivity index (χ3v) is 3.81. The number of halogens is 1. The van der Waals surface area contributed by atoms with Crippen LogP contribution in [0.2, 0.25) is 5.15 Å². The fourth-order valence-corrected chi connectivity index (χ4v) is 2.50. The van der Waals surface area contributed by atoms with E-state index in [4.69, 9.17) is 21.1 Å². The number of pyridine rings is 1. The summed E-state index contributed by atoms with van der Waals surface area (Å²) in [4.78, 5) is 27.6. The molecule has 0 aliphatic rings. The molecule has 0 atom stereocenters. The second kappa shape index (κ2) is 5.10. The molecule has 0 aliphatic carbocycles. The summed E-state index contributed by atoms with van der Waals surface area (Å²) >= 11 is 5.83. The molecule has 0 aliphatic heterocycles. The summed E-state index contributed by atoms with van der Waals surface area (Å²) in [5.41, 5.74) is 1.02. The van der Waals surface area contributed by atoms with Crippen LogP contribution in [0.15, 0.2) is 33.5 Å². The fraction of sp³-hybridized carbons (Fsp3) is 0.188. The smallest absolute Gasteiger partial charge is 0.338 e. The van der Waals surface area contributed by atoms with Crippen molar-refractivity contribution in [2.24, 2.45) is 0 Å². The van der Waals surface area contributed by atoms with E-state index < -0.39 is 5.97 Å². The van der Waals surface area contributed by atoms with Gasteiger partial charge in [-0.15, -0.1) is 0 Å². The number of rotatable bonds is 2. The Balaban J connectivity index is 2.41. The molecule has 0 bridgehead atoms. The minimum atomic E-state index is -1.22. The van der Waals surface area contributed by atoms with Gasteiger partial charge < -0.3 is 9.52 Å². The number of aromatic carboxylic acids is 1. The number of benzene rings is 1. The van der Waals surface area contributed by atoms with Gasteiger partial charge in [0.25, 0.3) is 0 Å². The molecule has 1 aromatic carbocycles. The standard InChI is InChI=1S/C16H12ClNO4/c1-7(2)8-3-4-11-9(5-8)14(19)13-12(22-11)6-10(16(20)21)15(17)18-13/h3-7H,1-2H3,(H,20,21). The molecule has 3 aromatic rings. The Morgan fingerprint density at radius 2 is 2.00 bits per heavy atom. The van der Waals surface area contributed by atoms with E-state index in [1.165, 1.54) is 6.07 Å². The number of hydrogen-bond donors (Lipinski definition) is 1. The molecule has 0 amide bonds. The molecule has 0 unspecified atom stereocenters. The maximum Gasteiger partial charge on any atom is 0.338 e. The summed E-state index contributed by atoms with van der Waals surface area (Å²) in [6.45, 7) is 4.05. The maximum atomic E-state index is 12.6. The summed E-state index contributed by atoms with van der Waals surface area (Å²) in [6, 6.07) is 6.58. The van der Waals surface area contributed by atoms with E-state index in [-0.39, 0.29) is 33.2 Å². The number of carboxylic acids is 1. The summed E-state index contributed by atoms with van der Waals surface area (Å²) in [5, 5.41) is 9.24. The Kier molecular flexibility index (Phi) is 3.37. The summed E-state index contributed by atoms with van der Waals surface area (Å²) in [7, 11) is 0. The zero-order chi connectivity index (χ0) is 16.0. The van der Waals surface area contributed by atoms with Crippen LogP contribution in [0, 0.1) is 0 Å². The first-order chi connectivity index (χ1) is 10.4. The van der Waals surface area contributed by atoms with Gasteiger partial charge in [-0.1, -0.05) is 31.5 Å². The highest BCUT2D eigenvalue weighted by Gasteiger charge is 2.17. The van der Waals surface area contributed by atoms with E-state index >= 15 is 0 Å². The number of nitrogens with zero attached hydrogens (tertiary/aromatic N) is 1. The highest BCUT2D eigenvalue weighted by Crippen LogP contribution is 2.25. The molecule has 22 heavy (non-hydrogen) atoms. The lowest BCUT2D eigenvalue weighted by molar-refractivity contribution is 0.0696. The van der Waals surface area contributed by atoms with Crippen molar-refractivity contribution < 1.29 is 14.3 Å². The van der Waals surface area contributed by atoms with Crippen LogP contribution in [-0.4, -0.2) is 16.1 Å². The molecule has 3 rings (SSSR count). The van der Waals surface area contributed by atoms with Crippen molar-refractivity contribution in [1.29, 1.82) is 0 Å². The largest absolute Gasteiger partial charge is 0.478 e. The van der Waals surface area contributed by atoms with Gasteiger partial charge in [0.15, 0.2) is 11.1 Å². The summed E-state index contributed by atoms with van der Waals surface area (Å²) < 4.78 is 5.62. The summed E-state index contributed by atoms with van der Waals surface area (Å²) in [6.07, 6.45) is 0. The first-order valence-corrected chi connectivity index (χ1v) is 7.06. The first kappa shape index (κ1) is 14.5. The van der Waals surface area contributed by atoms with Gasteiger partial charge in [-0.3, -0.25) is 4.79 Å². The van der Waals surface area contributed by atoms with Crippen molar-refractivity contribution >= 4 is 39.6 Å². The number of carbonyl (C=O) groups is 1. The Morgan fingerprint density at radius 3 is 2.64 bits per heavy atom. The predicted octanol–water partition coefficient (Wildman–Crippen LogP) is 3.82. The fourth-order valence-electron chi connectivity index (χ4n) is 2.28. The van der Waals surface area contributed by atoms with Crippen LogP contribution in [0.3, 0.4) is 0 Å². The lowest BCUT2D eigenvalue weighted by Gasteiger charge is -2.07. The van der Waals surface area contributed by atoms with Gasteiger partial charge in [-0.25, -0.2) is 9.78 Å². The molecule has 0 radical (unpaired) electrons. The van der Waals surface area contributed by atoms with E-state index in [1.807, 2.05) is 19.9 Å². The van der Waals surface area contributed by atoms with Crippen LogP contribution in [0.1, 0.15) is 35.7 Å². The highest BCUT2D eigenvalue weighted by molar-refractivity contribution is 6.32. The third kappa shape index (κ3) is 2.23. The van der Waals surface area contributed by atoms with Gasteiger partial charge in [-0.05, 0) is 23.6 Å². The van der Waals surface area contributed by atoms with Gasteiger partial charge in [0, 0.05) is 6.07 Å². The predicted molar refractivity (Wildman–Crippen MR) is 83.8 cm³/mol.